The largest absolute Gasteiger partial charge is 0.370 e. The van der Waals surface area contributed by atoms with Crippen molar-refractivity contribution in [3.05, 3.63) is 28.8 Å². The minimum absolute atomic E-state index is 0.620. The molecule has 0 aliphatic heterocycles. The maximum Gasteiger partial charge on any atom is 0.0992 e. The maximum absolute atomic E-state index is 8.85. The topological polar surface area (TPSA) is 27.0 Å². The second kappa shape index (κ2) is 8.00. The highest BCUT2D eigenvalue weighted by molar-refractivity contribution is 6.33. The molecule has 18 heavy (non-hydrogen) atoms. The van der Waals surface area contributed by atoms with E-state index in [4.69, 9.17) is 16.9 Å². The lowest BCUT2D eigenvalue weighted by molar-refractivity contribution is 0.678. The Morgan fingerprint density at radius 1 is 1.17 bits per heavy atom. The molecule has 0 saturated heterocycles. The fourth-order valence-electron chi connectivity index (χ4n) is 1.88. The van der Waals surface area contributed by atoms with Crippen LogP contribution in [0.15, 0.2) is 18.2 Å². The predicted molar refractivity (Wildman–Crippen MR) is 78.2 cm³/mol. The van der Waals surface area contributed by atoms with Crippen molar-refractivity contribution >= 4 is 17.3 Å². The summed E-state index contributed by atoms with van der Waals surface area (Å²) in [5.74, 6) is 0. The van der Waals surface area contributed by atoms with E-state index < -0.39 is 0 Å². The van der Waals surface area contributed by atoms with Crippen LogP contribution in [0.25, 0.3) is 0 Å². The Hall–Kier alpha value is -1.20. The van der Waals surface area contributed by atoms with Crippen LogP contribution < -0.4 is 4.90 Å². The number of halogens is 1. The first kappa shape index (κ1) is 14.9. The normalized spacial score (nSPS) is 10.1. The number of nitrogens with zero attached hydrogens (tertiary/aromatic N) is 2. The van der Waals surface area contributed by atoms with E-state index in [1.807, 2.05) is 12.1 Å². The second-order valence-corrected chi connectivity index (χ2v) is 4.88. The molecule has 0 heterocycles. The molecular weight excluding hydrogens is 244 g/mol. The number of hydrogen-bond acceptors (Lipinski definition) is 2. The molecule has 0 fully saturated rings. The van der Waals surface area contributed by atoms with Crippen LogP contribution in [0.5, 0.6) is 0 Å². The first-order valence-electron chi connectivity index (χ1n) is 6.67. The van der Waals surface area contributed by atoms with Crippen molar-refractivity contribution in [1.82, 2.24) is 0 Å². The van der Waals surface area contributed by atoms with Gasteiger partial charge in [0.2, 0.25) is 0 Å². The Balaban J connectivity index is 2.86. The van der Waals surface area contributed by atoms with Crippen LogP contribution in [-0.4, -0.2) is 13.1 Å². The molecular formula is C15H21ClN2. The molecule has 0 spiro atoms. The lowest BCUT2D eigenvalue weighted by atomic mass is 10.2. The van der Waals surface area contributed by atoms with Crippen LogP contribution in [0, 0.1) is 11.3 Å². The molecule has 0 bridgehead atoms. The van der Waals surface area contributed by atoms with Gasteiger partial charge in [0, 0.05) is 13.1 Å². The minimum atomic E-state index is 0.620. The molecule has 0 amide bonds. The first-order valence-corrected chi connectivity index (χ1v) is 7.05. The lowest BCUT2D eigenvalue weighted by Gasteiger charge is -2.25. The van der Waals surface area contributed by atoms with Crippen molar-refractivity contribution in [2.75, 3.05) is 18.0 Å². The minimum Gasteiger partial charge on any atom is -0.370 e. The van der Waals surface area contributed by atoms with Gasteiger partial charge < -0.3 is 4.90 Å². The second-order valence-electron chi connectivity index (χ2n) is 4.47. The third kappa shape index (κ3) is 4.23. The number of unbranched alkanes of at least 4 members (excludes halogenated alkanes) is 2. The summed E-state index contributed by atoms with van der Waals surface area (Å²) >= 11 is 6.27. The number of rotatable bonds is 7. The zero-order chi connectivity index (χ0) is 13.4. The van der Waals surface area contributed by atoms with Crippen LogP contribution in [0.1, 0.15) is 45.1 Å². The summed E-state index contributed by atoms with van der Waals surface area (Å²) in [6, 6.07) is 7.67. The van der Waals surface area contributed by atoms with Gasteiger partial charge in [-0.25, -0.2) is 0 Å². The molecule has 1 aromatic carbocycles. The van der Waals surface area contributed by atoms with E-state index in [2.05, 4.69) is 24.8 Å². The summed E-state index contributed by atoms with van der Waals surface area (Å²) in [6.07, 6.45) is 4.69. The van der Waals surface area contributed by atoms with Gasteiger partial charge in [0.05, 0.1) is 22.3 Å². The number of benzene rings is 1. The molecule has 3 heteroatoms. The van der Waals surface area contributed by atoms with Gasteiger partial charge >= 0.3 is 0 Å². The highest BCUT2D eigenvalue weighted by Crippen LogP contribution is 2.27. The van der Waals surface area contributed by atoms with Crippen LogP contribution >= 0.6 is 11.6 Å². The quantitative estimate of drug-likeness (QED) is 0.719. The van der Waals surface area contributed by atoms with E-state index in [-0.39, 0.29) is 0 Å². The standard InChI is InChI=1S/C15H21ClN2/c1-3-5-9-18(10-6-4-2)15-8-7-13(12-17)11-14(15)16/h7-8,11H,3-6,9-10H2,1-2H3. The zero-order valence-electron chi connectivity index (χ0n) is 11.2. The third-order valence-electron chi connectivity index (χ3n) is 2.98. The van der Waals surface area contributed by atoms with Crippen LogP contribution in [0.2, 0.25) is 5.02 Å². The van der Waals surface area contributed by atoms with E-state index in [1.165, 1.54) is 25.7 Å². The van der Waals surface area contributed by atoms with Crippen molar-refractivity contribution < 1.29 is 0 Å². The monoisotopic (exact) mass is 264 g/mol. The average molecular weight is 265 g/mol. The highest BCUT2D eigenvalue weighted by Gasteiger charge is 2.10. The van der Waals surface area contributed by atoms with Crippen LogP contribution in [0.4, 0.5) is 5.69 Å². The summed E-state index contributed by atoms with van der Waals surface area (Å²) in [6.45, 7) is 6.45. The molecule has 0 saturated carbocycles. The summed E-state index contributed by atoms with van der Waals surface area (Å²) in [4.78, 5) is 2.33. The molecule has 0 unspecified atom stereocenters. The number of anilines is 1. The summed E-state index contributed by atoms with van der Waals surface area (Å²) in [7, 11) is 0. The zero-order valence-corrected chi connectivity index (χ0v) is 12.0. The fraction of sp³-hybridized carbons (Fsp3) is 0.533. The van der Waals surface area contributed by atoms with Crippen LogP contribution in [-0.2, 0) is 0 Å². The lowest BCUT2D eigenvalue weighted by Crippen LogP contribution is -2.25. The van der Waals surface area contributed by atoms with Gasteiger partial charge in [-0.3, -0.25) is 0 Å². The Bertz CT molecular complexity index is 401. The Labute approximate surface area is 115 Å². The third-order valence-corrected chi connectivity index (χ3v) is 3.28. The Morgan fingerprint density at radius 2 is 1.78 bits per heavy atom. The van der Waals surface area contributed by atoms with Gasteiger partial charge in [0.1, 0.15) is 0 Å². The highest BCUT2D eigenvalue weighted by atomic mass is 35.5. The summed E-state index contributed by atoms with van der Waals surface area (Å²) < 4.78 is 0. The maximum atomic E-state index is 8.85. The molecule has 0 aliphatic carbocycles. The van der Waals surface area contributed by atoms with E-state index in [0.29, 0.717) is 10.6 Å². The van der Waals surface area contributed by atoms with Gasteiger partial charge in [-0.05, 0) is 31.0 Å². The Morgan fingerprint density at radius 3 is 2.22 bits per heavy atom. The van der Waals surface area contributed by atoms with Gasteiger partial charge in [-0.15, -0.1) is 0 Å². The number of hydrogen-bond donors (Lipinski definition) is 0. The molecule has 0 aromatic heterocycles. The van der Waals surface area contributed by atoms with Crippen molar-refractivity contribution in [1.29, 1.82) is 5.26 Å². The molecule has 98 valence electrons. The summed E-state index contributed by atoms with van der Waals surface area (Å²) in [5, 5.41) is 9.53. The average Bonchev–Trinajstić information content (AvgIpc) is 2.39. The summed E-state index contributed by atoms with van der Waals surface area (Å²) in [5.41, 5.74) is 1.67. The van der Waals surface area contributed by atoms with Gasteiger partial charge in [-0.1, -0.05) is 38.3 Å². The van der Waals surface area contributed by atoms with E-state index in [1.54, 1.807) is 6.07 Å². The van der Waals surface area contributed by atoms with Crippen LogP contribution in [0.3, 0.4) is 0 Å². The smallest absolute Gasteiger partial charge is 0.0992 e. The Kier molecular flexibility index (Phi) is 6.60. The fourth-order valence-corrected chi connectivity index (χ4v) is 2.18. The molecule has 2 nitrogen and oxygen atoms in total. The molecule has 0 atom stereocenters. The number of nitriles is 1. The first-order chi connectivity index (χ1) is 8.72. The van der Waals surface area contributed by atoms with E-state index in [0.717, 1.165) is 18.8 Å². The predicted octanol–water partition coefficient (Wildman–Crippen LogP) is 4.62. The van der Waals surface area contributed by atoms with E-state index in [9.17, 15) is 0 Å². The van der Waals surface area contributed by atoms with Crippen molar-refractivity contribution in [3.8, 4) is 6.07 Å². The van der Waals surface area contributed by atoms with Crippen molar-refractivity contribution in [2.24, 2.45) is 0 Å². The molecule has 0 radical (unpaired) electrons. The van der Waals surface area contributed by atoms with Crippen molar-refractivity contribution in [3.63, 3.8) is 0 Å². The van der Waals surface area contributed by atoms with E-state index >= 15 is 0 Å². The molecule has 1 aromatic rings. The molecule has 0 N–H and O–H groups in total. The van der Waals surface area contributed by atoms with Gasteiger partial charge in [0.25, 0.3) is 0 Å². The van der Waals surface area contributed by atoms with Crippen molar-refractivity contribution in [2.45, 2.75) is 39.5 Å². The molecule has 0 aliphatic rings. The van der Waals surface area contributed by atoms with Gasteiger partial charge in [0.15, 0.2) is 0 Å². The SMILES string of the molecule is CCCCN(CCCC)c1ccc(C#N)cc1Cl. The van der Waals surface area contributed by atoms with Gasteiger partial charge in [-0.2, -0.15) is 5.26 Å². The molecule has 1 rings (SSSR count).